The largest absolute Gasteiger partial charge is 0.491 e. The van der Waals surface area contributed by atoms with Crippen molar-refractivity contribution in [2.45, 2.75) is 70.2 Å². The van der Waals surface area contributed by atoms with E-state index in [1.54, 1.807) is 52.0 Å². The predicted octanol–water partition coefficient (Wildman–Crippen LogP) is 2.15. The van der Waals surface area contributed by atoms with Crippen LogP contribution in [0.5, 0.6) is 11.5 Å². The summed E-state index contributed by atoms with van der Waals surface area (Å²) in [5.74, 6) is 0.288. The van der Waals surface area contributed by atoms with Crippen molar-refractivity contribution in [3.63, 3.8) is 0 Å². The van der Waals surface area contributed by atoms with Gasteiger partial charge in [0.15, 0.2) is 0 Å². The minimum atomic E-state index is -1.05. The van der Waals surface area contributed by atoms with Gasteiger partial charge in [-0.05, 0) is 63.1 Å². The Balaban J connectivity index is 1.27. The number of nitrogens with zero attached hydrogens (tertiary/aromatic N) is 2. The highest BCUT2D eigenvalue weighted by atomic mass is 16.5. The standard InChI is InChI=1S/C31H40N4O8/c1-29(2,19-7-11-23(12-8-19)42-17-21(36)15-34-25(38)30(3,4)32-27(34)40)20-9-13-24(14-10-20)43-18-22(37)16-35-26(39)31(5,6)33-28(35)41/h7-14,21-22,36-37H,15-18H2,1-6H3,(H,32,40)(H,33,41)/t21-,22-/m0/s1. The van der Waals surface area contributed by atoms with Gasteiger partial charge >= 0.3 is 12.1 Å². The molecule has 0 spiro atoms. The van der Waals surface area contributed by atoms with Gasteiger partial charge < -0.3 is 30.3 Å². The van der Waals surface area contributed by atoms with Crippen LogP contribution in [0.25, 0.3) is 0 Å². The zero-order chi connectivity index (χ0) is 31.7. The molecule has 2 aliphatic rings. The highest BCUT2D eigenvalue weighted by Crippen LogP contribution is 2.33. The molecule has 6 amide bonds. The van der Waals surface area contributed by atoms with E-state index in [4.69, 9.17) is 9.47 Å². The van der Waals surface area contributed by atoms with E-state index in [1.165, 1.54) is 0 Å². The average molecular weight is 597 g/mol. The van der Waals surface area contributed by atoms with Gasteiger partial charge in [0.2, 0.25) is 0 Å². The quantitative estimate of drug-likeness (QED) is 0.272. The minimum Gasteiger partial charge on any atom is -0.491 e. The third-order valence-electron chi connectivity index (χ3n) is 7.71. The summed E-state index contributed by atoms with van der Waals surface area (Å²) in [6.07, 6.45) is -2.09. The van der Waals surface area contributed by atoms with Crippen LogP contribution >= 0.6 is 0 Å². The molecule has 4 N–H and O–H groups in total. The zero-order valence-electron chi connectivity index (χ0n) is 25.3. The van der Waals surface area contributed by atoms with Gasteiger partial charge in [0.05, 0.1) is 13.1 Å². The molecule has 2 aromatic rings. The molecule has 232 valence electrons. The summed E-state index contributed by atoms with van der Waals surface area (Å²) >= 11 is 0. The lowest BCUT2D eigenvalue weighted by molar-refractivity contribution is -0.132. The van der Waals surface area contributed by atoms with Crippen molar-refractivity contribution < 1.29 is 38.9 Å². The van der Waals surface area contributed by atoms with Gasteiger partial charge in [0.25, 0.3) is 11.8 Å². The lowest BCUT2D eigenvalue weighted by atomic mass is 9.78. The smallest absolute Gasteiger partial charge is 0.325 e. The zero-order valence-corrected chi connectivity index (χ0v) is 25.3. The number of aliphatic hydroxyl groups is 2. The summed E-state index contributed by atoms with van der Waals surface area (Å²) in [6, 6.07) is 13.8. The Morgan fingerprint density at radius 2 is 1.00 bits per heavy atom. The van der Waals surface area contributed by atoms with E-state index < -0.39 is 47.2 Å². The number of β-amino-alcohol motifs (C(OH)–C–C–N with tert-alkyl or cyclic N) is 2. The Morgan fingerprint density at radius 3 is 1.28 bits per heavy atom. The Morgan fingerprint density at radius 1 is 0.674 bits per heavy atom. The van der Waals surface area contributed by atoms with E-state index in [2.05, 4.69) is 24.5 Å². The van der Waals surface area contributed by atoms with Crippen molar-refractivity contribution >= 4 is 23.9 Å². The first kappa shape index (κ1) is 31.8. The molecule has 0 radical (unpaired) electrons. The summed E-state index contributed by atoms with van der Waals surface area (Å²) in [5.41, 5.74) is -0.331. The molecule has 12 nitrogen and oxygen atoms in total. The third-order valence-corrected chi connectivity index (χ3v) is 7.71. The van der Waals surface area contributed by atoms with E-state index >= 15 is 0 Å². The summed E-state index contributed by atoms with van der Waals surface area (Å²) in [6.45, 7) is 10.1. The topological polar surface area (TPSA) is 158 Å². The Bertz CT molecular complexity index is 1270. The normalized spacial score (nSPS) is 19.3. The highest BCUT2D eigenvalue weighted by Gasteiger charge is 2.45. The molecule has 0 aliphatic carbocycles. The molecule has 2 aromatic carbocycles. The van der Waals surface area contributed by atoms with Crippen LogP contribution in [0.4, 0.5) is 9.59 Å². The number of carbonyl (C=O) groups excluding carboxylic acids is 4. The van der Waals surface area contributed by atoms with Gasteiger partial charge in [-0.25, -0.2) is 9.59 Å². The number of ether oxygens (including phenoxy) is 2. The number of hydrogen-bond donors (Lipinski definition) is 4. The van der Waals surface area contributed by atoms with Crippen LogP contribution in [0.15, 0.2) is 48.5 Å². The Hall–Kier alpha value is -4.16. The SMILES string of the molecule is CC1(C)NC(=O)N(C[C@H](O)COc2ccc(C(C)(C)c3ccc(OC[C@@H](O)CN4C(=O)NC(C)(C)C4=O)cc3)cc2)C1=O. The minimum absolute atomic E-state index is 0.0874. The van der Waals surface area contributed by atoms with Crippen molar-refractivity contribution in [3.8, 4) is 11.5 Å². The molecular weight excluding hydrogens is 556 g/mol. The van der Waals surface area contributed by atoms with Crippen LogP contribution < -0.4 is 20.1 Å². The van der Waals surface area contributed by atoms with Crippen LogP contribution in [0.3, 0.4) is 0 Å². The van der Waals surface area contributed by atoms with E-state index in [-0.39, 0.29) is 31.7 Å². The lowest BCUT2D eigenvalue weighted by Gasteiger charge is -2.27. The third kappa shape index (κ3) is 6.91. The molecule has 4 rings (SSSR count). The number of urea groups is 2. The number of aliphatic hydroxyl groups excluding tert-OH is 2. The molecule has 0 saturated carbocycles. The Labute approximate surface area is 250 Å². The predicted molar refractivity (Wildman–Crippen MR) is 157 cm³/mol. The molecule has 2 fully saturated rings. The number of hydrogen-bond acceptors (Lipinski definition) is 8. The highest BCUT2D eigenvalue weighted by molar-refractivity contribution is 6.07. The number of imide groups is 2. The summed E-state index contributed by atoms with van der Waals surface area (Å²) in [5, 5.41) is 25.9. The average Bonchev–Trinajstić information content (AvgIpc) is 3.26. The van der Waals surface area contributed by atoms with Crippen LogP contribution in [-0.2, 0) is 15.0 Å². The molecule has 0 aromatic heterocycles. The van der Waals surface area contributed by atoms with Crippen LogP contribution in [0.1, 0.15) is 52.7 Å². The van der Waals surface area contributed by atoms with E-state index in [9.17, 15) is 29.4 Å². The van der Waals surface area contributed by atoms with Crippen molar-refractivity contribution in [1.82, 2.24) is 20.4 Å². The van der Waals surface area contributed by atoms with Gasteiger partial charge in [-0.1, -0.05) is 38.1 Å². The number of carbonyl (C=O) groups is 4. The first-order chi connectivity index (χ1) is 20.0. The Kier molecular flexibility index (Phi) is 8.75. The molecule has 12 heteroatoms. The molecular formula is C31H40N4O8. The second kappa shape index (κ2) is 11.8. The molecule has 2 atom stereocenters. The monoisotopic (exact) mass is 596 g/mol. The number of rotatable bonds is 12. The van der Waals surface area contributed by atoms with Gasteiger partial charge in [-0.15, -0.1) is 0 Å². The molecule has 43 heavy (non-hydrogen) atoms. The van der Waals surface area contributed by atoms with Crippen molar-refractivity contribution in [3.05, 3.63) is 59.7 Å². The van der Waals surface area contributed by atoms with Gasteiger partial charge in [-0.3, -0.25) is 19.4 Å². The second-order valence-electron chi connectivity index (χ2n) is 12.5. The number of benzene rings is 2. The molecule has 2 saturated heterocycles. The summed E-state index contributed by atoms with van der Waals surface area (Å²) < 4.78 is 11.4. The molecule has 2 heterocycles. The van der Waals surface area contributed by atoms with Crippen LogP contribution in [-0.4, -0.2) is 93.5 Å². The van der Waals surface area contributed by atoms with Gasteiger partial charge in [-0.2, -0.15) is 0 Å². The van der Waals surface area contributed by atoms with E-state index in [0.29, 0.717) is 11.5 Å². The molecule has 2 aliphatic heterocycles. The van der Waals surface area contributed by atoms with E-state index in [1.807, 2.05) is 24.3 Å². The maximum atomic E-state index is 12.3. The summed E-state index contributed by atoms with van der Waals surface area (Å²) in [7, 11) is 0. The van der Waals surface area contributed by atoms with Gasteiger partial charge in [0, 0.05) is 5.41 Å². The first-order valence-corrected chi connectivity index (χ1v) is 14.1. The summed E-state index contributed by atoms with van der Waals surface area (Å²) in [4.78, 5) is 50.7. The second-order valence-corrected chi connectivity index (χ2v) is 12.5. The fourth-order valence-electron chi connectivity index (χ4n) is 4.98. The lowest BCUT2D eigenvalue weighted by Crippen LogP contribution is -2.42. The fourth-order valence-corrected chi connectivity index (χ4v) is 4.98. The first-order valence-electron chi connectivity index (χ1n) is 14.1. The molecule has 0 bridgehead atoms. The van der Waals surface area contributed by atoms with Crippen molar-refractivity contribution in [1.29, 1.82) is 0 Å². The molecule has 0 unspecified atom stereocenters. The van der Waals surface area contributed by atoms with E-state index in [0.717, 1.165) is 20.9 Å². The fraction of sp³-hybridized carbons (Fsp3) is 0.484. The van der Waals surface area contributed by atoms with Crippen molar-refractivity contribution in [2.75, 3.05) is 26.3 Å². The van der Waals surface area contributed by atoms with Crippen molar-refractivity contribution in [2.24, 2.45) is 0 Å². The number of amides is 6. The van der Waals surface area contributed by atoms with Crippen LogP contribution in [0.2, 0.25) is 0 Å². The maximum Gasteiger partial charge on any atom is 0.325 e. The van der Waals surface area contributed by atoms with Crippen LogP contribution in [0, 0.1) is 0 Å². The number of nitrogens with one attached hydrogen (secondary N) is 2. The maximum absolute atomic E-state index is 12.3. The van der Waals surface area contributed by atoms with Gasteiger partial charge in [0.1, 0.15) is 48.0 Å².